The molecule has 2 rings (SSSR count). The Morgan fingerprint density at radius 3 is 2.67 bits per heavy atom. The predicted molar refractivity (Wildman–Crippen MR) is 59.1 cm³/mol. The summed E-state index contributed by atoms with van der Waals surface area (Å²) in [5, 5.41) is 3.36. The summed E-state index contributed by atoms with van der Waals surface area (Å²) in [5.41, 5.74) is 0. The van der Waals surface area contributed by atoms with Crippen molar-refractivity contribution in [3.05, 3.63) is 0 Å². The highest BCUT2D eigenvalue weighted by atomic mass is 16.5. The molecule has 4 heteroatoms. The quantitative estimate of drug-likeness (QED) is 0.719. The zero-order chi connectivity index (χ0) is 10.3. The van der Waals surface area contributed by atoms with Crippen molar-refractivity contribution in [3.63, 3.8) is 0 Å². The lowest BCUT2D eigenvalue weighted by Crippen LogP contribution is -2.45. The number of nitrogens with one attached hydrogen (secondary N) is 1. The van der Waals surface area contributed by atoms with Gasteiger partial charge in [-0.3, -0.25) is 4.90 Å². The van der Waals surface area contributed by atoms with E-state index in [4.69, 9.17) is 9.47 Å². The monoisotopic (exact) mass is 214 g/mol. The molecule has 88 valence electrons. The molecule has 2 heterocycles. The van der Waals surface area contributed by atoms with E-state index in [1.807, 2.05) is 0 Å². The first kappa shape index (κ1) is 11.3. The van der Waals surface area contributed by atoms with E-state index in [2.05, 4.69) is 10.2 Å². The average Bonchev–Trinajstić information content (AvgIpc) is 2.32. The molecule has 2 aliphatic rings. The van der Waals surface area contributed by atoms with Gasteiger partial charge in [-0.25, -0.2) is 0 Å². The number of hydrogen-bond acceptors (Lipinski definition) is 4. The van der Waals surface area contributed by atoms with Crippen LogP contribution in [0.4, 0.5) is 0 Å². The van der Waals surface area contributed by atoms with Crippen LogP contribution in [0.2, 0.25) is 0 Å². The number of rotatable bonds is 4. The lowest BCUT2D eigenvalue weighted by molar-refractivity contribution is -0.0373. The SMILES string of the molecule is C1CN(CCOC2CCOCC2)CCN1. The Morgan fingerprint density at radius 2 is 1.93 bits per heavy atom. The van der Waals surface area contributed by atoms with Gasteiger partial charge >= 0.3 is 0 Å². The average molecular weight is 214 g/mol. The normalized spacial score (nSPS) is 25.6. The van der Waals surface area contributed by atoms with Crippen molar-refractivity contribution in [2.75, 3.05) is 52.5 Å². The molecule has 0 amide bonds. The number of nitrogens with zero attached hydrogens (tertiary/aromatic N) is 1. The predicted octanol–water partition coefficient (Wildman–Crippen LogP) is 0.0872. The maximum absolute atomic E-state index is 5.84. The van der Waals surface area contributed by atoms with Crippen molar-refractivity contribution in [2.45, 2.75) is 18.9 Å². The van der Waals surface area contributed by atoms with Gasteiger partial charge < -0.3 is 14.8 Å². The van der Waals surface area contributed by atoms with Gasteiger partial charge in [-0.05, 0) is 12.8 Å². The first-order valence-corrected chi connectivity index (χ1v) is 6.07. The highest BCUT2D eigenvalue weighted by Crippen LogP contribution is 2.10. The van der Waals surface area contributed by atoms with Crippen molar-refractivity contribution in [2.24, 2.45) is 0 Å². The first-order valence-electron chi connectivity index (χ1n) is 6.07. The molecule has 15 heavy (non-hydrogen) atoms. The van der Waals surface area contributed by atoms with E-state index in [9.17, 15) is 0 Å². The molecule has 2 saturated heterocycles. The van der Waals surface area contributed by atoms with Crippen LogP contribution in [0.15, 0.2) is 0 Å². The topological polar surface area (TPSA) is 33.7 Å². The number of piperazine rings is 1. The molecule has 0 atom stereocenters. The number of ether oxygens (including phenoxy) is 2. The van der Waals surface area contributed by atoms with Crippen molar-refractivity contribution in [3.8, 4) is 0 Å². The summed E-state index contributed by atoms with van der Waals surface area (Å²) in [7, 11) is 0. The van der Waals surface area contributed by atoms with Gasteiger partial charge in [-0.2, -0.15) is 0 Å². The minimum Gasteiger partial charge on any atom is -0.381 e. The van der Waals surface area contributed by atoms with E-state index >= 15 is 0 Å². The van der Waals surface area contributed by atoms with Crippen LogP contribution >= 0.6 is 0 Å². The van der Waals surface area contributed by atoms with Crippen LogP contribution in [0.3, 0.4) is 0 Å². The molecule has 0 aliphatic carbocycles. The zero-order valence-corrected chi connectivity index (χ0v) is 9.41. The van der Waals surface area contributed by atoms with Gasteiger partial charge in [0.25, 0.3) is 0 Å². The third kappa shape index (κ3) is 4.07. The smallest absolute Gasteiger partial charge is 0.0619 e. The molecule has 0 aromatic rings. The Morgan fingerprint density at radius 1 is 1.20 bits per heavy atom. The van der Waals surface area contributed by atoms with E-state index in [1.54, 1.807) is 0 Å². The lowest BCUT2D eigenvalue weighted by Gasteiger charge is -2.28. The van der Waals surface area contributed by atoms with Crippen LogP contribution < -0.4 is 5.32 Å². The van der Waals surface area contributed by atoms with Gasteiger partial charge in [0.1, 0.15) is 0 Å². The molecule has 0 aromatic heterocycles. The third-order valence-electron chi connectivity index (χ3n) is 3.14. The Kier molecular flexibility index (Phi) is 4.86. The molecule has 0 bridgehead atoms. The van der Waals surface area contributed by atoms with Gasteiger partial charge in [0.15, 0.2) is 0 Å². The second-order valence-electron chi connectivity index (χ2n) is 4.27. The number of hydrogen-bond donors (Lipinski definition) is 1. The molecular formula is C11H22N2O2. The second-order valence-corrected chi connectivity index (χ2v) is 4.27. The van der Waals surface area contributed by atoms with Crippen LogP contribution in [-0.2, 0) is 9.47 Å². The molecular weight excluding hydrogens is 192 g/mol. The van der Waals surface area contributed by atoms with Crippen LogP contribution in [0.1, 0.15) is 12.8 Å². The minimum atomic E-state index is 0.446. The molecule has 2 fully saturated rings. The summed E-state index contributed by atoms with van der Waals surface area (Å²) in [6.07, 6.45) is 2.59. The maximum atomic E-state index is 5.84. The molecule has 0 radical (unpaired) electrons. The summed E-state index contributed by atoms with van der Waals surface area (Å²) >= 11 is 0. The Balaban J connectivity index is 1.53. The van der Waals surface area contributed by atoms with Gasteiger partial charge in [0.05, 0.1) is 12.7 Å². The highest BCUT2D eigenvalue weighted by molar-refractivity contribution is 4.68. The van der Waals surface area contributed by atoms with E-state index in [1.165, 1.54) is 0 Å². The molecule has 0 spiro atoms. The summed E-state index contributed by atoms with van der Waals surface area (Å²) in [4.78, 5) is 2.47. The lowest BCUT2D eigenvalue weighted by atomic mass is 10.1. The minimum absolute atomic E-state index is 0.446. The zero-order valence-electron chi connectivity index (χ0n) is 9.41. The van der Waals surface area contributed by atoms with E-state index in [-0.39, 0.29) is 0 Å². The van der Waals surface area contributed by atoms with Crippen LogP contribution in [0.5, 0.6) is 0 Å². The van der Waals surface area contributed by atoms with Crippen molar-refractivity contribution in [1.29, 1.82) is 0 Å². The fourth-order valence-corrected chi connectivity index (χ4v) is 2.13. The van der Waals surface area contributed by atoms with E-state index in [0.717, 1.165) is 65.4 Å². The van der Waals surface area contributed by atoms with E-state index < -0.39 is 0 Å². The maximum Gasteiger partial charge on any atom is 0.0619 e. The van der Waals surface area contributed by atoms with Crippen molar-refractivity contribution >= 4 is 0 Å². The molecule has 4 nitrogen and oxygen atoms in total. The van der Waals surface area contributed by atoms with Crippen LogP contribution in [-0.4, -0.2) is 63.5 Å². The fourth-order valence-electron chi connectivity index (χ4n) is 2.13. The summed E-state index contributed by atoms with van der Waals surface area (Å²) in [5.74, 6) is 0. The van der Waals surface area contributed by atoms with Crippen LogP contribution in [0.25, 0.3) is 0 Å². The summed E-state index contributed by atoms with van der Waals surface area (Å²) < 4.78 is 11.1. The molecule has 0 saturated carbocycles. The largest absolute Gasteiger partial charge is 0.381 e. The first-order chi connectivity index (χ1) is 7.45. The van der Waals surface area contributed by atoms with Gasteiger partial charge in [0.2, 0.25) is 0 Å². The van der Waals surface area contributed by atoms with Crippen molar-refractivity contribution in [1.82, 2.24) is 10.2 Å². The Hall–Kier alpha value is -0.160. The van der Waals surface area contributed by atoms with Gasteiger partial charge in [0, 0.05) is 45.9 Å². The third-order valence-corrected chi connectivity index (χ3v) is 3.14. The van der Waals surface area contributed by atoms with E-state index in [0.29, 0.717) is 6.10 Å². The molecule has 0 aromatic carbocycles. The molecule has 2 aliphatic heterocycles. The Labute approximate surface area is 91.9 Å². The standard InChI is InChI=1S/C11H22N2O2/c1-8-14-9-2-11(1)15-10-7-13-5-3-12-4-6-13/h11-12H,1-10H2. The fraction of sp³-hybridized carbons (Fsp3) is 1.00. The van der Waals surface area contributed by atoms with Crippen LogP contribution in [0, 0.1) is 0 Å². The molecule has 1 N–H and O–H groups in total. The van der Waals surface area contributed by atoms with Crippen molar-refractivity contribution < 1.29 is 9.47 Å². The Bertz CT molecular complexity index is 148. The highest BCUT2D eigenvalue weighted by Gasteiger charge is 2.15. The van der Waals surface area contributed by atoms with Gasteiger partial charge in [-0.15, -0.1) is 0 Å². The van der Waals surface area contributed by atoms with Gasteiger partial charge in [-0.1, -0.05) is 0 Å². The summed E-state index contributed by atoms with van der Waals surface area (Å²) in [6.45, 7) is 8.28. The second kappa shape index (κ2) is 6.43. The molecule has 0 unspecified atom stereocenters. The summed E-state index contributed by atoms with van der Waals surface area (Å²) in [6, 6.07) is 0.